The van der Waals surface area contributed by atoms with Crippen molar-refractivity contribution in [3.8, 4) is 11.1 Å². The lowest BCUT2D eigenvalue weighted by Gasteiger charge is -2.11. The van der Waals surface area contributed by atoms with Gasteiger partial charge in [-0.15, -0.1) is 0 Å². The van der Waals surface area contributed by atoms with Gasteiger partial charge in [-0.3, -0.25) is 0 Å². The molecule has 0 heterocycles. The zero-order chi connectivity index (χ0) is 13.3. The van der Waals surface area contributed by atoms with Crippen molar-refractivity contribution < 1.29 is 13.2 Å². The molecular weight excluding hydrogens is 305 g/mol. The lowest BCUT2D eigenvalue weighted by Crippen LogP contribution is -2.04. The van der Waals surface area contributed by atoms with Gasteiger partial charge in [0.2, 0.25) is 0 Å². The molecule has 2 rings (SSSR count). The molecule has 18 heavy (non-hydrogen) atoms. The number of aryl methyl sites for hydroxylation is 1. The van der Waals surface area contributed by atoms with Crippen LogP contribution in [0.1, 0.15) is 11.1 Å². The number of benzene rings is 2. The van der Waals surface area contributed by atoms with Crippen LogP contribution in [0.2, 0.25) is 0 Å². The third-order valence-corrected chi connectivity index (χ3v) is 3.35. The largest absolute Gasteiger partial charge is 0.416 e. The van der Waals surface area contributed by atoms with Crippen LogP contribution in [-0.4, -0.2) is 0 Å². The molecule has 0 aliphatic rings. The predicted molar refractivity (Wildman–Crippen MR) is 69.3 cm³/mol. The normalized spacial score (nSPS) is 11.6. The zero-order valence-corrected chi connectivity index (χ0v) is 11.1. The Morgan fingerprint density at radius 1 is 0.944 bits per heavy atom. The summed E-state index contributed by atoms with van der Waals surface area (Å²) in [5.41, 5.74) is 1.74. The van der Waals surface area contributed by atoms with Crippen molar-refractivity contribution in [2.45, 2.75) is 13.1 Å². The molecule has 0 saturated carbocycles. The number of alkyl halides is 3. The van der Waals surface area contributed by atoms with Crippen LogP contribution >= 0.6 is 15.9 Å². The Labute approximate surface area is 112 Å². The van der Waals surface area contributed by atoms with E-state index in [4.69, 9.17) is 0 Å². The Hall–Kier alpha value is -1.29. The lowest BCUT2D eigenvalue weighted by atomic mass is 10.0. The third-order valence-electron chi connectivity index (χ3n) is 2.66. The molecule has 0 N–H and O–H groups in total. The molecule has 2 aromatic carbocycles. The van der Waals surface area contributed by atoms with Gasteiger partial charge in [-0.1, -0.05) is 45.8 Å². The van der Waals surface area contributed by atoms with Crippen LogP contribution in [0.15, 0.2) is 46.9 Å². The summed E-state index contributed by atoms with van der Waals surface area (Å²) in [7, 11) is 0. The third kappa shape index (κ3) is 2.75. The number of halogens is 4. The molecular formula is C14H10BrF3. The molecule has 0 aromatic heterocycles. The molecule has 0 spiro atoms. The van der Waals surface area contributed by atoms with E-state index in [0.29, 0.717) is 10.0 Å². The van der Waals surface area contributed by atoms with E-state index in [2.05, 4.69) is 15.9 Å². The van der Waals surface area contributed by atoms with E-state index in [0.717, 1.165) is 23.3 Å². The Morgan fingerprint density at radius 2 is 1.56 bits per heavy atom. The highest BCUT2D eigenvalue weighted by atomic mass is 79.9. The standard InChI is InChI=1S/C14H10BrF3/c1-9-2-4-10(5-3-9)12-8-11(14(16,17)18)6-7-13(12)15/h2-8H,1H3. The minimum atomic E-state index is -4.32. The topological polar surface area (TPSA) is 0 Å². The first-order chi connectivity index (χ1) is 8.38. The second kappa shape index (κ2) is 4.76. The summed E-state index contributed by atoms with van der Waals surface area (Å²) < 4.78 is 38.6. The SMILES string of the molecule is Cc1ccc(-c2cc(C(F)(F)F)ccc2Br)cc1. The van der Waals surface area contributed by atoms with E-state index in [9.17, 15) is 13.2 Å². The summed E-state index contributed by atoms with van der Waals surface area (Å²) in [5, 5.41) is 0. The van der Waals surface area contributed by atoms with E-state index >= 15 is 0 Å². The van der Waals surface area contributed by atoms with Crippen molar-refractivity contribution in [3.05, 3.63) is 58.1 Å². The van der Waals surface area contributed by atoms with Crippen molar-refractivity contribution in [2.24, 2.45) is 0 Å². The molecule has 4 heteroatoms. The highest BCUT2D eigenvalue weighted by Crippen LogP contribution is 2.36. The van der Waals surface area contributed by atoms with Crippen molar-refractivity contribution in [2.75, 3.05) is 0 Å². The number of hydrogen-bond donors (Lipinski definition) is 0. The number of rotatable bonds is 1. The van der Waals surface area contributed by atoms with Gasteiger partial charge in [0.15, 0.2) is 0 Å². The van der Waals surface area contributed by atoms with Gasteiger partial charge in [-0.2, -0.15) is 13.2 Å². The van der Waals surface area contributed by atoms with E-state index in [1.165, 1.54) is 6.07 Å². The molecule has 0 atom stereocenters. The molecule has 0 aliphatic carbocycles. The predicted octanol–water partition coefficient (Wildman–Crippen LogP) is 5.44. The van der Waals surface area contributed by atoms with E-state index in [-0.39, 0.29) is 0 Å². The van der Waals surface area contributed by atoms with Crippen LogP contribution in [-0.2, 0) is 6.18 Å². The number of hydrogen-bond acceptors (Lipinski definition) is 0. The highest BCUT2D eigenvalue weighted by molar-refractivity contribution is 9.10. The highest BCUT2D eigenvalue weighted by Gasteiger charge is 2.30. The fourth-order valence-corrected chi connectivity index (χ4v) is 2.13. The van der Waals surface area contributed by atoms with Crippen LogP contribution < -0.4 is 0 Å². The molecule has 94 valence electrons. The molecule has 0 saturated heterocycles. The molecule has 2 aromatic rings. The van der Waals surface area contributed by atoms with E-state index < -0.39 is 11.7 Å². The first-order valence-electron chi connectivity index (χ1n) is 5.32. The second-order valence-electron chi connectivity index (χ2n) is 4.06. The summed E-state index contributed by atoms with van der Waals surface area (Å²) >= 11 is 3.29. The summed E-state index contributed by atoms with van der Waals surface area (Å²) in [4.78, 5) is 0. The van der Waals surface area contributed by atoms with Crippen molar-refractivity contribution in [1.29, 1.82) is 0 Å². The quantitative estimate of drug-likeness (QED) is 0.657. The molecule has 0 amide bonds. The molecule has 0 fully saturated rings. The summed E-state index contributed by atoms with van der Waals surface area (Å²) in [5.74, 6) is 0. The van der Waals surface area contributed by atoms with Crippen molar-refractivity contribution in [3.63, 3.8) is 0 Å². The smallest absolute Gasteiger partial charge is 0.166 e. The Balaban J connectivity index is 2.53. The van der Waals surface area contributed by atoms with Crippen molar-refractivity contribution in [1.82, 2.24) is 0 Å². The molecule has 0 nitrogen and oxygen atoms in total. The minimum absolute atomic E-state index is 0.546. The van der Waals surface area contributed by atoms with Crippen LogP contribution in [0.5, 0.6) is 0 Å². The second-order valence-corrected chi connectivity index (χ2v) is 4.91. The van der Waals surface area contributed by atoms with Crippen LogP contribution in [0.3, 0.4) is 0 Å². The average Bonchev–Trinajstić information content (AvgIpc) is 2.29. The van der Waals surface area contributed by atoms with Crippen LogP contribution in [0.25, 0.3) is 11.1 Å². The Bertz CT molecular complexity index is 556. The zero-order valence-electron chi connectivity index (χ0n) is 9.55. The maximum atomic E-state index is 12.7. The van der Waals surface area contributed by atoms with Gasteiger partial charge in [-0.05, 0) is 36.2 Å². The fourth-order valence-electron chi connectivity index (χ4n) is 1.66. The first-order valence-corrected chi connectivity index (χ1v) is 6.11. The molecule has 0 unspecified atom stereocenters. The van der Waals surface area contributed by atoms with Gasteiger partial charge in [0.1, 0.15) is 0 Å². The summed E-state index contributed by atoms with van der Waals surface area (Å²) in [6.45, 7) is 1.94. The van der Waals surface area contributed by atoms with Crippen molar-refractivity contribution >= 4 is 15.9 Å². The maximum absolute atomic E-state index is 12.7. The van der Waals surface area contributed by atoms with E-state index in [1.54, 1.807) is 0 Å². The maximum Gasteiger partial charge on any atom is 0.416 e. The van der Waals surface area contributed by atoms with Gasteiger partial charge in [-0.25, -0.2) is 0 Å². The Kier molecular flexibility index (Phi) is 3.48. The van der Waals surface area contributed by atoms with E-state index in [1.807, 2.05) is 31.2 Å². The van der Waals surface area contributed by atoms with Gasteiger partial charge >= 0.3 is 6.18 Å². The van der Waals surface area contributed by atoms with Gasteiger partial charge in [0.25, 0.3) is 0 Å². The van der Waals surface area contributed by atoms with Crippen LogP contribution in [0.4, 0.5) is 13.2 Å². The summed E-state index contributed by atoms with van der Waals surface area (Å²) in [6, 6.07) is 11.0. The fraction of sp³-hybridized carbons (Fsp3) is 0.143. The lowest BCUT2D eigenvalue weighted by molar-refractivity contribution is -0.137. The van der Waals surface area contributed by atoms with Gasteiger partial charge in [0, 0.05) is 4.47 Å². The molecule has 0 bridgehead atoms. The first kappa shape index (κ1) is 13.1. The molecule has 0 aliphatic heterocycles. The average molecular weight is 315 g/mol. The van der Waals surface area contributed by atoms with Gasteiger partial charge in [0.05, 0.1) is 5.56 Å². The van der Waals surface area contributed by atoms with Crippen LogP contribution in [0, 0.1) is 6.92 Å². The molecule has 0 radical (unpaired) electrons. The summed E-state index contributed by atoms with van der Waals surface area (Å²) in [6.07, 6.45) is -4.32. The monoisotopic (exact) mass is 314 g/mol. The Morgan fingerprint density at radius 3 is 2.11 bits per heavy atom. The van der Waals surface area contributed by atoms with Gasteiger partial charge < -0.3 is 0 Å². The minimum Gasteiger partial charge on any atom is -0.166 e.